The lowest BCUT2D eigenvalue weighted by atomic mass is 10.1. The number of benzene rings is 2. The van der Waals surface area contributed by atoms with E-state index in [1.165, 1.54) is 29.5 Å². The van der Waals surface area contributed by atoms with E-state index in [4.69, 9.17) is 20.0 Å². The molecule has 6 nitrogen and oxygen atoms in total. The number of hydrogen-bond acceptors (Lipinski definition) is 7. The Hall–Kier alpha value is -3.94. The third kappa shape index (κ3) is 4.42. The molecule has 3 aromatic rings. The quantitative estimate of drug-likeness (QED) is 0.460. The van der Waals surface area contributed by atoms with Crippen molar-refractivity contribution in [1.82, 2.24) is 0 Å². The normalized spacial score (nSPS) is 9.79. The van der Waals surface area contributed by atoms with Crippen molar-refractivity contribution in [2.24, 2.45) is 0 Å². The van der Waals surface area contributed by atoms with E-state index in [2.05, 4.69) is 0 Å². The van der Waals surface area contributed by atoms with Crippen LogP contribution in [0.15, 0.2) is 60.0 Å². The Labute approximate surface area is 164 Å². The number of ketones is 1. The number of ether oxygens (including phenoxy) is 2. The van der Waals surface area contributed by atoms with Gasteiger partial charge < -0.3 is 9.47 Å². The van der Waals surface area contributed by atoms with Crippen molar-refractivity contribution in [3.05, 3.63) is 81.5 Å². The summed E-state index contributed by atoms with van der Waals surface area (Å²) in [6.45, 7) is -0.342. The maximum absolute atomic E-state index is 12.2. The summed E-state index contributed by atoms with van der Waals surface area (Å²) in [6, 6.07) is 18.0. The zero-order chi connectivity index (χ0) is 19.9. The molecule has 1 heterocycles. The third-order valence-corrected chi connectivity index (χ3v) is 4.58. The monoisotopic (exact) mass is 388 g/mol. The lowest BCUT2D eigenvalue weighted by Crippen LogP contribution is -2.13. The van der Waals surface area contributed by atoms with E-state index < -0.39 is 5.97 Å². The van der Waals surface area contributed by atoms with Crippen molar-refractivity contribution >= 4 is 23.1 Å². The Morgan fingerprint density at radius 3 is 2.43 bits per heavy atom. The molecule has 0 fully saturated rings. The van der Waals surface area contributed by atoms with Crippen LogP contribution in [0.3, 0.4) is 0 Å². The maximum atomic E-state index is 12.2. The highest BCUT2D eigenvalue weighted by molar-refractivity contribution is 7.12. The minimum atomic E-state index is -0.645. The molecule has 2 aromatic carbocycles. The van der Waals surface area contributed by atoms with Crippen LogP contribution in [0.4, 0.5) is 0 Å². The number of thiophene rings is 1. The number of nitrogens with zero attached hydrogens (tertiary/aromatic N) is 2. The van der Waals surface area contributed by atoms with Crippen LogP contribution < -0.4 is 4.74 Å². The molecule has 0 amide bonds. The SMILES string of the molecule is N#Cc1ccc(Oc2cccc(C(=O)OCC(=O)c3cccs3)c2)cc1C#N. The molecule has 1 aromatic heterocycles. The summed E-state index contributed by atoms with van der Waals surface area (Å²) >= 11 is 1.28. The van der Waals surface area contributed by atoms with Gasteiger partial charge in [0.15, 0.2) is 6.61 Å². The molecule has 136 valence electrons. The first-order valence-corrected chi connectivity index (χ1v) is 8.94. The number of hydrogen-bond donors (Lipinski definition) is 0. The summed E-state index contributed by atoms with van der Waals surface area (Å²) in [7, 11) is 0. The van der Waals surface area contributed by atoms with Gasteiger partial charge in [0.2, 0.25) is 5.78 Å². The highest BCUT2D eigenvalue weighted by Gasteiger charge is 2.13. The average Bonchev–Trinajstić information content (AvgIpc) is 3.27. The third-order valence-electron chi connectivity index (χ3n) is 3.67. The average molecular weight is 388 g/mol. The molecule has 0 N–H and O–H groups in total. The Morgan fingerprint density at radius 1 is 0.929 bits per heavy atom. The molecule has 7 heteroatoms. The van der Waals surface area contributed by atoms with Crippen molar-refractivity contribution < 1.29 is 19.1 Å². The standard InChI is InChI=1S/C21H12N2O4S/c22-11-15-6-7-18(10-16(15)12-23)27-17-4-1-3-14(9-17)21(25)26-13-19(24)20-5-2-8-28-20/h1-10H,13H2. The molecule has 0 aliphatic carbocycles. The van der Waals surface area contributed by atoms with Gasteiger partial charge in [-0.3, -0.25) is 4.79 Å². The van der Waals surface area contributed by atoms with Gasteiger partial charge in [-0.25, -0.2) is 4.79 Å². The van der Waals surface area contributed by atoms with Crippen molar-refractivity contribution in [3.8, 4) is 23.6 Å². The summed E-state index contributed by atoms with van der Waals surface area (Å²) in [4.78, 5) is 24.7. The fourth-order valence-corrected chi connectivity index (χ4v) is 2.97. The first-order valence-electron chi connectivity index (χ1n) is 8.06. The second-order valence-corrected chi connectivity index (χ2v) is 6.49. The fraction of sp³-hybridized carbons (Fsp3) is 0.0476. The van der Waals surface area contributed by atoms with Crippen LogP contribution in [0.5, 0.6) is 11.5 Å². The van der Waals surface area contributed by atoms with Gasteiger partial charge in [0.1, 0.15) is 23.6 Å². The summed E-state index contributed by atoms with van der Waals surface area (Å²) in [5.74, 6) is -0.202. The number of Topliss-reactive ketones (excluding diaryl/α,β-unsaturated/α-hetero) is 1. The molecule has 0 spiro atoms. The zero-order valence-electron chi connectivity index (χ0n) is 14.4. The van der Waals surface area contributed by atoms with Crippen LogP contribution in [0.2, 0.25) is 0 Å². The zero-order valence-corrected chi connectivity index (χ0v) is 15.2. The van der Waals surface area contributed by atoms with E-state index in [9.17, 15) is 9.59 Å². The number of rotatable bonds is 6. The maximum Gasteiger partial charge on any atom is 0.338 e. The number of esters is 1. The minimum Gasteiger partial charge on any atom is -0.457 e. The molecule has 0 saturated carbocycles. The highest BCUT2D eigenvalue weighted by atomic mass is 32.1. The van der Waals surface area contributed by atoms with Gasteiger partial charge in [0.05, 0.1) is 21.6 Å². The lowest BCUT2D eigenvalue weighted by molar-refractivity contribution is 0.0475. The van der Waals surface area contributed by atoms with Crippen molar-refractivity contribution in [3.63, 3.8) is 0 Å². The van der Waals surface area contributed by atoms with E-state index in [0.29, 0.717) is 16.4 Å². The van der Waals surface area contributed by atoms with Crippen LogP contribution in [0, 0.1) is 22.7 Å². The molecule has 0 aliphatic heterocycles. The van der Waals surface area contributed by atoms with E-state index in [-0.39, 0.29) is 29.1 Å². The molecule has 3 rings (SSSR count). The Bertz CT molecular complexity index is 1110. The topological polar surface area (TPSA) is 100 Å². The second kappa shape index (κ2) is 8.63. The van der Waals surface area contributed by atoms with Gasteiger partial charge in [0, 0.05) is 0 Å². The molecular formula is C21H12N2O4S. The number of carbonyl (C=O) groups excluding carboxylic acids is 2. The molecule has 0 saturated heterocycles. The van der Waals surface area contributed by atoms with Crippen LogP contribution in [-0.2, 0) is 4.74 Å². The van der Waals surface area contributed by atoms with Gasteiger partial charge in [-0.05, 0) is 47.8 Å². The van der Waals surface area contributed by atoms with Gasteiger partial charge in [0.25, 0.3) is 0 Å². The second-order valence-electron chi connectivity index (χ2n) is 5.54. The molecule has 0 radical (unpaired) electrons. The molecule has 0 atom stereocenters. The van der Waals surface area contributed by atoms with Gasteiger partial charge in [-0.1, -0.05) is 12.1 Å². The van der Waals surface area contributed by atoms with Gasteiger partial charge >= 0.3 is 5.97 Å². The van der Waals surface area contributed by atoms with E-state index in [1.54, 1.807) is 41.8 Å². The van der Waals surface area contributed by atoms with Crippen LogP contribution in [0.1, 0.15) is 31.2 Å². The van der Waals surface area contributed by atoms with Crippen LogP contribution in [0.25, 0.3) is 0 Å². The van der Waals surface area contributed by atoms with E-state index in [0.717, 1.165) is 0 Å². The van der Waals surface area contributed by atoms with Gasteiger partial charge in [-0.15, -0.1) is 11.3 Å². The van der Waals surface area contributed by atoms with E-state index in [1.807, 2.05) is 12.1 Å². The predicted octanol–water partition coefficient (Wildman–Crippen LogP) is 4.32. The Morgan fingerprint density at radius 2 is 1.71 bits per heavy atom. The molecule has 0 bridgehead atoms. The van der Waals surface area contributed by atoms with Crippen LogP contribution in [-0.4, -0.2) is 18.4 Å². The smallest absolute Gasteiger partial charge is 0.338 e. The van der Waals surface area contributed by atoms with Gasteiger partial charge in [-0.2, -0.15) is 10.5 Å². The highest BCUT2D eigenvalue weighted by Crippen LogP contribution is 2.25. The van der Waals surface area contributed by atoms with Crippen LogP contribution >= 0.6 is 11.3 Å². The number of carbonyl (C=O) groups is 2. The molecular weight excluding hydrogens is 376 g/mol. The first-order chi connectivity index (χ1) is 13.6. The summed E-state index contributed by atoms with van der Waals surface area (Å²) in [6.07, 6.45) is 0. The number of nitriles is 2. The first kappa shape index (κ1) is 18.8. The Balaban J connectivity index is 1.68. The van der Waals surface area contributed by atoms with Crippen molar-refractivity contribution in [2.45, 2.75) is 0 Å². The fourth-order valence-electron chi connectivity index (χ4n) is 2.32. The molecule has 28 heavy (non-hydrogen) atoms. The minimum absolute atomic E-state index is 0.197. The largest absolute Gasteiger partial charge is 0.457 e. The lowest BCUT2D eigenvalue weighted by Gasteiger charge is -2.08. The van der Waals surface area contributed by atoms with Crippen molar-refractivity contribution in [2.75, 3.05) is 6.61 Å². The molecule has 0 aliphatic rings. The summed E-state index contributed by atoms with van der Waals surface area (Å²) < 4.78 is 10.7. The Kier molecular flexibility index (Phi) is 5.81. The van der Waals surface area contributed by atoms with Crippen molar-refractivity contribution in [1.29, 1.82) is 10.5 Å². The summed E-state index contributed by atoms with van der Waals surface area (Å²) in [5, 5.41) is 19.8. The van der Waals surface area contributed by atoms with E-state index >= 15 is 0 Å². The molecule has 0 unspecified atom stereocenters. The predicted molar refractivity (Wildman–Crippen MR) is 101 cm³/mol. The summed E-state index contributed by atoms with van der Waals surface area (Å²) in [5.41, 5.74) is 0.677.